The molecule has 0 bridgehead atoms. The Hall–Kier alpha value is -1.80. The molecule has 0 fully saturated rings. The number of phenols is 1. The van der Waals surface area contributed by atoms with E-state index in [1.807, 2.05) is 12.1 Å². The third-order valence-electron chi connectivity index (χ3n) is 3.09. The topological polar surface area (TPSA) is 32.3 Å². The van der Waals surface area contributed by atoms with E-state index in [0.29, 0.717) is 5.75 Å². The molecule has 0 amide bonds. The standard InChI is InChI=1S/C14H13NO/c16-12-7-5-10(6-8-12)14-13-4-2-1-3-11(13)9-15-14/h1-8,14-16H,9H2. The molecule has 2 aromatic rings. The summed E-state index contributed by atoms with van der Waals surface area (Å²) in [5.74, 6) is 0.315. The minimum Gasteiger partial charge on any atom is -0.508 e. The number of hydrogen-bond donors (Lipinski definition) is 2. The van der Waals surface area contributed by atoms with E-state index in [9.17, 15) is 5.11 Å². The molecule has 1 heterocycles. The zero-order chi connectivity index (χ0) is 11.0. The molecule has 16 heavy (non-hydrogen) atoms. The molecule has 0 saturated carbocycles. The summed E-state index contributed by atoms with van der Waals surface area (Å²) in [4.78, 5) is 0. The molecule has 80 valence electrons. The molecule has 2 heteroatoms. The first-order valence-corrected chi connectivity index (χ1v) is 5.45. The van der Waals surface area contributed by atoms with Gasteiger partial charge in [-0.25, -0.2) is 0 Å². The van der Waals surface area contributed by atoms with Gasteiger partial charge in [-0.15, -0.1) is 0 Å². The predicted octanol–water partition coefficient (Wildman–Crippen LogP) is 2.58. The summed E-state index contributed by atoms with van der Waals surface area (Å²) in [6.07, 6.45) is 0. The summed E-state index contributed by atoms with van der Waals surface area (Å²) >= 11 is 0. The molecule has 0 saturated heterocycles. The molecule has 1 unspecified atom stereocenters. The Bertz CT molecular complexity index is 504. The first kappa shape index (κ1) is 9.43. The van der Waals surface area contributed by atoms with E-state index in [1.165, 1.54) is 16.7 Å². The van der Waals surface area contributed by atoms with Gasteiger partial charge in [0.1, 0.15) is 5.75 Å². The molecule has 3 rings (SSSR count). The second-order valence-electron chi connectivity index (χ2n) is 4.10. The fraction of sp³-hybridized carbons (Fsp3) is 0.143. The van der Waals surface area contributed by atoms with Gasteiger partial charge in [0.2, 0.25) is 0 Å². The summed E-state index contributed by atoms with van der Waals surface area (Å²) in [5, 5.41) is 12.8. The number of aromatic hydroxyl groups is 1. The summed E-state index contributed by atoms with van der Waals surface area (Å²) in [5.41, 5.74) is 3.90. The zero-order valence-corrected chi connectivity index (χ0v) is 8.85. The van der Waals surface area contributed by atoms with Crippen molar-refractivity contribution in [1.82, 2.24) is 5.32 Å². The predicted molar refractivity (Wildman–Crippen MR) is 63.2 cm³/mol. The number of phenolic OH excluding ortho intramolecular Hbond substituents is 1. The van der Waals surface area contributed by atoms with Crippen LogP contribution in [0, 0.1) is 0 Å². The maximum Gasteiger partial charge on any atom is 0.115 e. The minimum absolute atomic E-state index is 0.261. The average Bonchev–Trinajstić information content (AvgIpc) is 2.74. The maximum absolute atomic E-state index is 9.27. The molecule has 1 aliphatic rings. The van der Waals surface area contributed by atoms with Gasteiger partial charge in [0.25, 0.3) is 0 Å². The van der Waals surface area contributed by atoms with Gasteiger partial charge in [-0.05, 0) is 28.8 Å². The molecule has 2 nitrogen and oxygen atoms in total. The van der Waals surface area contributed by atoms with E-state index in [2.05, 4.69) is 29.6 Å². The Balaban J connectivity index is 2.01. The molecular formula is C14H13NO. The molecule has 2 N–H and O–H groups in total. The van der Waals surface area contributed by atoms with Crippen LogP contribution >= 0.6 is 0 Å². The number of nitrogens with one attached hydrogen (secondary N) is 1. The van der Waals surface area contributed by atoms with E-state index in [0.717, 1.165) is 6.54 Å². The summed E-state index contributed by atoms with van der Waals surface area (Å²) in [6.45, 7) is 0.918. The molecule has 0 radical (unpaired) electrons. The number of rotatable bonds is 1. The van der Waals surface area contributed by atoms with Gasteiger partial charge in [-0.3, -0.25) is 0 Å². The third kappa shape index (κ3) is 1.48. The van der Waals surface area contributed by atoms with Crippen LogP contribution < -0.4 is 5.32 Å². The fourth-order valence-electron chi connectivity index (χ4n) is 2.26. The van der Waals surface area contributed by atoms with Crippen LogP contribution in [0.15, 0.2) is 48.5 Å². The molecule has 1 aliphatic heterocycles. The van der Waals surface area contributed by atoms with Gasteiger partial charge in [0.15, 0.2) is 0 Å². The number of hydrogen-bond acceptors (Lipinski definition) is 2. The van der Waals surface area contributed by atoms with Crippen LogP contribution in [0.3, 0.4) is 0 Å². The van der Waals surface area contributed by atoms with Gasteiger partial charge in [0.05, 0.1) is 6.04 Å². The van der Waals surface area contributed by atoms with Crippen LogP contribution in [0.25, 0.3) is 0 Å². The normalized spacial score (nSPS) is 18.4. The van der Waals surface area contributed by atoms with Gasteiger partial charge in [-0.1, -0.05) is 36.4 Å². The van der Waals surface area contributed by atoms with Crippen molar-refractivity contribution in [3.63, 3.8) is 0 Å². The SMILES string of the molecule is Oc1ccc(C2NCc3ccccc32)cc1. The largest absolute Gasteiger partial charge is 0.508 e. The second kappa shape index (κ2) is 3.65. The lowest BCUT2D eigenvalue weighted by atomic mass is 9.99. The highest BCUT2D eigenvalue weighted by atomic mass is 16.3. The van der Waals surface area contributed by atoms with E-state index in [-0.39, 0.29) is 6.04 Å². The van der Waals surface area contributed by atoms with E-state index in [4.69, 9.17) is 0 Å². The maximum atomic E-state index is 9.27. The molecule has 0 aliphatic carbocycles. The van der Waals surface area contributed by atoms with E-state index < -0.39 is 0 Å². The molecular weight excluding hydrogens is 198 g/mol. The molecule has 2 aromatic carbocycles. The van der Waals surface area contributed by atoms with Crippen LogP contribution in [0.5, 0.6) is 5.75 Å². The summed E-state index contributed by atoms with van der Waals surface area (Å²) in [6, 6.07) is 16.1. The lowest BCUT2D eigenvalue weighted by Crippen LogP contribution is -2.12. The zero-order valence-electron chi connectivity index (χ0n) is 8.85. The Morgan fingerprint density at radius 3 is 2.56 bits per heavy atom. The molecule has 0 aromatic heterocycles. The number of fused-ring (bicyclic) bond motifs is 1. The van der Waals surface area contributed by atoms with Crippen LogP contribution in [0.2, 0.25) is 0 Å². The van der Waals surface area contributed by atoms with Crippen molar-refractivity contribution in [2.45, 2.75) is 12.6 Å². The summed E-state index contributed by atoms with van der Waals surface area (Å²) in [7, 11) is 0. The van der Waals surface area contributed by atoms with E-state index in [1.54, 1.807) is 12.1 Å². The number of benzene rings is 2. The second-order valence-corrected chi connectivity index (χ2v) is 4.10. The Kier molecular flexibility index (Phi) is 2.15. The Labute approximate surface area is 94.6 Å². The van der Waals surface area contributed by atoms with Gasteiger partial charge >= 0.3 is 0 Å². The lowest BCUT2D eigenvalue weighted by molar-refractivity contribution is 0.475. The molecule has 1 atom stereocenters. The van der Waals surface area contributed by atoms with Crippen LogP contribution in [0.4, 0.5) is 0 Å². The first-order chi connectivity index (χ1) is 7.84. The smallest absolute Gasteiger partial charge is 0.115 e. The first-order valence-electron chi connectivity index (χ1n) is 5.45. The quantitative estimate of drug-likeness (QED) is 0.760. The van der Waals surface area contributed by atoms with Crippen molar-refractivity contribution in [2.75, 3.05) is 0 Å². The van der Waals surface area contributed by atoms with Crippen molar-refractivity contribution in [1.29, 1.82) is 0 Å². The van der Waals surface area contributed by atoms with Gasteiger partial charge in [0, 0.05) is 6.54 Å². The van der Waals surface area contributed by atoms with Crippen molar-refractivity contribution >= 4 is 0 Å². The molecule has 0 spiro atoms. The van der Waals surface area contributed by atoms with Crippen LogP contribution in [0.1, 0.15) is 22.7 Å². The minimum atomic E-state index is 0.261. The fourth-order valence-corrected chi connectivity index (χ4v) is 2.26. The van der Waals surface area contributed by atoms with Gasteiger partial charge < -0.3 is 10.4 Å². The van der Waals surface area contributed by atoms with Crippen molar-refractivity contribution < 1.29 is 5.11 Å². The monoisotopic (exact) mass is 211 g/mol. The Morgan fingerprint density at radius 1 is 1.00 bits per heavy atom. The summed E-state index contributed by atoms with van der Waals surface area (Å²) < 4.78 is 0. The third-order valence-corrected chi connectivity index (χ3v) is 3.09. The Morgan fingerprint density at radius 2 is 1.75 bits per heavy atom. The van der Waals surface area contributed by atoms with E-state index >= 15 is 0 Å². The van der Waals surface area contributed by atoms with Crippen molar-refractivity contribution in [2.24, 2.45) is 0 Å². The average molecular weight is 211 g/mol. The highest BCUT2D eigenvalue weighted by Gasteiger charge is 2.22. The highest BCUT2D eigenvalue weighted by molar-refractivity contribution is 5.41. The van der Waals surface area contributed by atoms with Crippen molar-refractivity contribution in [3.8, 4) is 5.75 Å². The highest BCUT2D eigenvalue weighted by Crippen LogP contribution is 2.31. The lowest BCUT2D eigenvalue weighted by Gasteiger charge is -2.12. The van der Waals surface area contributed by atoms with Crippen molar-refractivity contribution in [3.05, 3.63) is 65.2 Å². The van der Waals surface area contributed by atoms with Gasteiger partial charge in [-0.2, -0.15) is 0 Å². The van der Waals surface area contributed by atoms with Crippen LogP contribution in [-0.4, -0.2) is 5.11 Å². The van der Waals surface area contributed by atoms with Crippen LogP contribution in [-0.2, 0) is 6.54 Å².